The van der Waals surface area contributed by atoms with E-state index in [9.17, 15) is 24.6 Å². The van der Waals surface area contributed by atoms with Crippen molar-refractivity contribution in [2.24, 2.45) is 0 Å². The number of aromatic hydroxyl groups is 2. The quantitative estimate of drug-likeness (QED) is 0.326. The Balaban J connectivity index is 1.92. The van der Waals surface area contributed by atoms with Gasteiger partial charge in [-0.3, -0.25) is 14.4 Å². The first-order valence-corrected chi connectivity index (χ1v) is 10.6. The number of ketones is 3. The predicted octanol–water partition coefficient (Wildman–Crippen LogP) is 4.44. The molecule has 0 radical (unpaired) electrons. The van der Waals surface area contributed by atoms with Crippen molar-refractivity contribution < 1.29 is 29.3 Å². The summed E-state index contributed by atoms with van der Waals surface area (Å²) in [5.41, 5.74) is -0.622. The van der Waals surface area contributed by atoms with Gasteiger partial charge in [0.15, 0.2) is 17.3 Å². The third-order valence-corrected chi connectivity index (χ3v) is 6.41. The first-order valence-electron chi connectivity index (χ1n) is 9.81. The molecule has 3 N–H and O–H groups in total. The second-order valence-corrected chi connectivity index (χ2v) is 8.94. The number of nitrogens with one attached hydrogen (secondary N) is 1. The SMILES string of the molecule is CC(=O)c1c(O)c(C)c(O)c2c1OC1=CC(=O)/C(=C(/C)Nc3cccc(Br)c3)C(=O)C12C. The summed E-state index contributed by atoms with van der Waals surface area (Å²) in [6.07, 6.45) is 1.19. The number of phenols is 2. The van der Waals surface area contributed by atoms with Gasteiger partial charge in [0.1, 0.15) is 34.0 Å². The minimum atomic E-state index is -1.54. The average Bonchev–Trinajstić information content (AvgIpc) is 2.99. The second kappa shape index (κ2) is 7.34. The molecule has 7 nitrogen and oxygen atoms in total. The van der Waals surface area contributed by atoms with Crippen LogP contribution in [0.25, 0.3) is 0 Å². The Hall–Kier alpha value is -3.39. The van der Waals surface area contributed by atoms with Gasteiger partial charge in [-0.1, -0.05) is 22.0 Å². The molecule has 0 amide bonds. The number of Topliss-reactive ketones (excluding diaryl/α,β-unsaturated/α-hetero) is 2. The van der Waals surface area contributed by atoms with Gasteiger partial charge in [-0.05, 0) is 45.9 Å². The van der Waals surface area contributed by atoms with Gasteiger partial charge in [-0.2, -0.15) is 0 Å². The molecule has 1 aliphatic heterocycles. The van der Waals surface area contributed by atoms with Gasteiger partial charge in [0, 0.05) is 27.5 Å². The van der Waals surface area contributed by atoms with E-state index in [1.54, 1.807) is 19.1 Å². The van der Waals surface area contributed by atoms with Gasteiger partial charge < -0.3 is 20.3 Å². The number of fused-ring (bicyclic) bond motifs is 3. The Morgan fingerprint density at radius 2 is 1.84 bits per heavy atom. The summed E-state index contributed by atoms with van der Waals surface area (Å²) in [6, 6.07) is 7.25. The molecule has 8 heteroatoms. The van der Waals surface area contributed by atoms with Crippen molar-refractivity contribution in [2.75, 3.05) is 5.32 Å². The fourth-order valence-corrected chi connectivity index (χ4v) is 4.61. The molecule has 164 valence electrons. The van der Waals surface area contributed by atoms with Crippen molar-refractivity contribution in [1.29, 1.82) is 0 Å². The average molecular weight is 498 g/mol. The molecule has 2 aliphatic rings. The van der Waals surface area contributed by atoms with Crippen LogP contribution in [0.1, 0.15) is 42.3 Å². The molecule has 0 aromatic heterocycles. The van der Waals surface area contributed by atoms with Gasteiger partial charge in [-0.25, -0.2) is 0 Å². The zero-order valence-electron chi connectivity index (χ0n) is 17.8. The van der Waals surface area contributed by atoms with E-state index < -0.39 is 28.5 Å². The van der Waals surface area contributed by atoms with Crippen LogP contribution in [-0.4, -0.2) is 27.6 Å². The highest BCUT2D eigenvalue weighted by Crippen LogP contribution is 2.57. The molecule has 0 spiro atoms. The molecule has 2 aromatic rings. The van der Waals surface area contributed by atoms with Crippen LogP contribution in [0.2, 0.25) is 0 Å². The Bertz CT molecular complexity index is 1310. The van der Waals surface area contributed by atoms with E-state index in [2.05, 4.69) is 21.2 Å². The highest BCUT2D eigenvalue weighted by atomic mass is 79.9. The van der Waals surface area contributed by atoms with Crippen LogP contribution in [0.3, 0.4) is 0 Å². The summed E-state index contributed by atoms with van der Waals surface area (Å²) in [6.45, 7) is 5.84. The van der Waals surface area contributed by atoms with Gasteiger partial charge >= 0.3 is 0 Å². The number of benzene rings is 2. The summed E-state index contributed by atoms with van der Waals surface area (Å²) in [7, 11) is 0. The van der Waals surface area contributed by atoms with E-state index in [-0.39, 0.29) is 39.5 Å². The maximum absolute atomic E-state index is 13.7. The van der Waals surface area contributed by atoms with Gasteiger partial charge in [-0.15, -0.1) is 0 Å². The second-order valence-electron chi connectivity index (χ2n) is 8.02. The maximum atomic E-state index is 13.7. The lowest BCUT2D eigenvalue weighted by Gasteiger charge is -2.29. The smallest absolute Gasteiger partial charge is 0.194 e. The molecule has 0 fully saturated rings. The Morgan fingerprint density at radius 1 is 1.16 bits per heavy atom. The predicted molar refractivity (Wildman–Crippen MR) is 121 cm³/mol. The number of hydrogen-bond acceptors (Lipinski definition) is 7. The van der Waals surface area contributed by atoms with E-state index in [0.717, 1.165) is 4.47 Å². The maximum Gasteiger partial charge on any atom is 0.194 e. The topological polar surface area (TPSA) is 113 Å². The third kappa shape index (κ3) is 2.97. The molecule has 0 saturated carbocycles. The Morgan fingerprint density at radius 3 is 2.47 bits per heavy atom. The van der Waals surface area contributed by atoms with Crippen LogP contribution in [0.15, 0.2) is 51.8 Å². The zero-order valence-corrected chi connectivity index (χ0v) is 19.4. The monoisotopic (exact) mass is 497 g/mol. The van der Waals surface area contributed by atoms with E-state index in [1.165, 1.54) is 26.8 Å². The molecule has 0 saturated heterocycles. The number of allylic oxidation sites excluding steroid dienone is 4. The van der Waals surface area contributed by atoms with Gasteiger partial charge in [0.2, 0.25) is 0 Å². The summed E-state index contributed by atoms with van der Waals surface area (Å²) in [4.78, 5) is 38.9. The van der Waals surface area contributed by atoms with Crippen molar-refractivity contribution in [3.8, 4) is 17.2 Å². The number of carbonyl (C=O) groups is 3. The first kappa shape index (κ1) is 21.8. The van der Waals surface area contributed by atoms with Crippen molar-refractivity contribution in [1.82, 2.24) is 0 Å². The van der Waals surface area contributed by atoms with Crippen LogP contribution in [0.4, 0.5) is 5.69 Å². The molecule has 4 rings (SSSR count). The molecular formula is C24H20BrNO6. The van der Waals surface area contributed by atoms with Gasteiger partial charge in [0.05, 0.1) is 11.1 Å². The zero-order chi connectivity index (χ0) is 23.5. The normalized spacial score (nSPS) is 20.8. The summed E-state index contributed by atoms with van der Waals surface area (Å²) < 4.78 is 6.58. The van der Waals surface area contributed by atoms with E-state index >= 15 is 0 Å². The molecule has 1 aliphatic carbocycles. The van der Waals surface area contributed by atoms with E-state index in [0.29, 0.717) is 11.4 Å². The van der Waals surface area contributed by atoms with Crippen molar-refractivity contribution in [2.45, 2.75) is 33.1 Å². The number of anilines is 1. The fraction of sp³-hybridized carbons (Fsp3) is 0.208. The van der Waals surface area contributed by atoms with Crippen molar-refractivity contribution in [3.63, 3.8) is 0 Å². The van der Waals surface area contributed by atoms with Crippen LogP contribution < -0.4 is 10.1 Å². The highest BCUT2D eigenvalue weighted by molar-refractivity contribution is 9.10. The molecule has 1 unspecified atom stereocenters. The number of rotatable bonds is 3. The fourth-order valence-electron chi connectivity index (χ4n) is 4.21. The number of phenolic OH excluding ortho intramolecular Hbond substituents is 2. The summed E-state index contributed by atoms with van der Waals surface area (Å²) in [5, 5.41) is 24.3. The first-order chi connectivity index (χ1) is 15.0. The van der Waals surface area contributed by atoms with Crippen molar-refractivity contribution >= 4 is 39.0 Å². The molecule has 2 aromatic carbocycles. The largest absolute Gasteiger partial charge is 0.507 e. The number of hydrogen-bond donors (Lipinski definition) is 3. The minimum absolute atomic E-state index is 0.00399. The number of halogens is 1. The van der Waals surface area contributed by atoms with E-state index in [4.69, 9.17) is 4.74 Å². The van der Waals surface area contributed by atoms with E-state index in [1.807, 2.05) is 12.1 Å². The lowest BCUT2D eigenvalue weighted by Crippen LogP contribution is -2.40. The van der Waals surface area contributed by atoms with Crippen molar-refractivity contribution in [3.05, 3.63) is 68.5 Å². The Kier molecular flexibility index (Phi) is 5.01. The standard InChI is InChI=1S/C24H20BrNO6/c1-10-20(29)18(12(3)27)22-19(21(10)30)24(4)16(32-22)9-15(28)17(23(24)31)11(2)26-14-7-5-6-13(25)8-14/h5-9,26,29-30H,1-4H3/b17-11+. The third-order valence-electron chi connectivity index (χ3n) is 5.92. The molecule has 1 atom stereocenters. The lowest BCUT2D eigenvalue weighted by atomic mass is 9.70. The summed E-state index contributed by atoms with van der Waals surface area (Å²) in [5.74, 6) is -2.50. The Labute approximate surface area is 192 Å². The van der Waals surface area contributed by atoms with Crippen LogP contribution in [0, 0.1) is 6.92 Å². The number of ether oxygens (including phenoxy) is 1. The van der Waals surface area contributed by atoms with Gasteiger partial charge in [0.25, 0.3) is 0 Å². The molecular weight excluding hydrogens is 478 g/mol. The molecule has 0 bridgehead atoms. The molecule has 32 heavy (non-hydrogen) atoms. The minimum Gasteiger partial charge on any atom is -0.507 e. The molecule has 1 heterocycles. The lowest BCUT2D eigenvalue weighted by molar-refractivity contribution is -0.123. The highest BCUT2D eigenvalue weighted by Gasteiger charge is 2.56. The number of carbonyl (C=O) groups excluding carboxylic acids is 3. The van der Waals surface area contributed by atoms with Crippen LogP contribution in [0.5, 0.6) is 17.2 Å². The van der Waals surface area contributed by atoms with Crippen LogP contribution in [-0.2, 0) is 15.0 Å². The van der Waals surface area contributed by atoms with Crippen LogP contribution >= 0.6 is 15.9 Å². The summed E-state index contributed by atoms with van der Waals surface area (Å²) >= 11 is 3.38.